The molecule has 2 aliphatic rings. The van der Waals surface area contributed by atoms with Gasteiger partial charge in [-0.3, -0.25) is 14.5 Å². The fraction of sp³-hybridized carbons (Fsp3) is 0.400. The highest BCUT2D eigenvalue weighted by atomic mass is 16.4. The molecule has 4 amide bonds. The van der Waals surface area contributed by atoms with Crippen LogP contribution in [0.1, 0.15) is 36.5 Å². The minimum atomic E-state index is -0.947. The molecule has 8 heteroatoms. The van der Waals surface area contributed by atoms with Crippen LogP contribution in [0.5, 0.6) is 0 Å². The van der Waals surface area contributed by atoms with Crippen LogP contribution in [0.25, 0.3) is 11.0 Å². The summed E-state index contributed by atoms with van der Waals surface area (Å²) in [5, 5.41) is 3.48. The summed E-state index contributed by atoms with van der Waals surface area (Å²) in [7, 11) is 0. The van der Waals surface area contributed by atoms with Crippen molar-refractivity contribution in [2.45, 2.75) is 31.7 Å². The minimum absolute atomic E-state index is 0.0240. The molecule has 2 aliphatic heterocycles. The number of piperidine rings is 1. The third-order valence-corrected chi connectivity index (χ3v) is 5.47. The quantitative estimate of drug-likeness (QED) is 0.643. The lowest BCUT2D eigenvalue weighted by Gasteiger charge is -2.37. The van der Waals surface area contributed by atoms with Gasteiger partial charge in [0.2, 0.25) is 0 Å². The normalized spacial score (nSPS) is 18.8. The summed E-state index contributed by atoms with van der Waals surface area (Å²) in [5.74, 6) is -0.645. The smallest absolute Gasteiger partial charge is 0.349 e. The lowest BCUT2D eigenvalue weighted by Crippen LogP contribution is -2.56. The number of nitrogens with zero attached hydrogens (tertiary/aromatic N) is 2. The number of imide groups is 1. The standard InChI is InChI=1S/C20H21N3O5/c1-2-9-23-18(26)20(21-19(23)27)7-10-22(11-8-20)16(24)14-12-13-5-3-4-6-15(13)28-17(14)25/h3-6,12H,2,7-11H2,1H3,(H,21,27). The molecule has 2 saturated heterocycles. The van der Waals surface area contributed by atoms with Crippen LogP contribution in [0.3, 0.4) is 0 Å². The van der Waals surface area contributed by atoms with Crippen molar-refractivity contribution in [3.8, 4) is 0 Å². The monoisotopic (exact) mass is 383 g/mol. The van der Waals surface area contributed by atoms with Crippen molar-refractivity contribution in [2.75, 3.05) is 19.6 Å². The van der Waals surface area contributed by atoms with Crippen molar-refractivity contribution in [2.24, 2.45) is 0 Å². The Bertz CT molecular complexity index is 1020. The Morgan fingerprint density at radius 3 is 2.61 bits per heavy atom. The minimum Gasteiger partial charge on any atom is -0.422 e. The van der Waals surface area contributed by atoms with E-state index in [1.54, 1.807) is 30.3 Å². The molecule has 2 aromatic rings. The highest BCUT2D eigenvalue weighted by molar-refractivity contribution is 6.07. The van der Waals surface area contributed by atoms with Crippen LogP contribution >= 0.6 is 0 Å². The Morgan fingerprint density at radius 2 is 1.89 bits per heavy atom. The van der Waals surface area contributed by atoms with Crippen LogP contribution in [-0.4, -0.2) is 52.8 Å². The summed E-state index contributed by atoms with van der Waals surface area (Å²) in [6, 6.07) is 8.17. The number of benzene rings is 1. The third kappa shape index (κ3) is 2.85. The summed E-state index contributed by atoms with van der Waals surface area (Å²) in [4.78, 5) is 52.7. The molecule has 0 unspecified atom stereocenters. The van der Waals surface area contributed by atoms with Gasteiger partial charge in [-0.05, 0) is 31.4 Å². The zero-order chi connectivity index (χ0) is 19.9. The second-order valence-corrected chi connectivity index (χ2v) is 7.25. The van der Waals surface area contributed by atoms with Crippen LogP contribution < -0.4 is 10.9 Å². The van der Waals surface area contributed by atoms with E-state index in [0.717, 1.165) is 0 Å². The fourth-order valence-electron chi connectivity index (χ4n) is 3.91. The van der Waals surface area contributed by atoms with Gasteiger partial charge in [-0.25, -0.2) is 9.59 Å². The van der Waals surface area contributed by atoms with Crippen LogP contribution in [-0.2, 0) is 4.79 Å². The zero-order valence-corrected chi connectivity index (χ0v) is 15.6. The average Bonchev–Trinajstić information content (AvgIpc) is 2.92. The summed E-state index contributed by atoms with van der Waals surface area (Å²) in [6.45, 7) is 2.84. The summed E-state index contributed by atoms with van der Waals surface area (Å²) in [5.41, 5.74) is -1.22. The molecule has 3 heterocycles. The van der Waals surface area contributed by atoms with Crippen molar-refractivity contribution in [1.29, 1.82) is 0 Å². The van der Waals surface area contributed by atoms with Crippen LogP contribution in [0.15, 0.2) is 39.5 Å². The molecule has 4 rings (SSSR count). The van der Waals surface area contributed by atoms with Crippen molar-refractivity contribution >= 4 is 28.8 Å². The second kappa shape index (κ2) is 6.78. The van der Waals surface area contributed by atoms with Crippen LogP contribution in [0.4, 0.5) is 4.79 Å². The molecule has 0 aliphatic carbocycles. The van der Waals surface area contributed by atoms with Gasteiger partial charge >= 0.3 is 11.7 Å². The predicted molar refractivity (Wildman–Crippen MR) is 101 cm³/mol. The summed E-state index contributed by atoms with van der Waals surface area (Å²) < 4.78 is 5.25. The van der Waals surface area contributed by atoms with E-state index < -0.39 is 17.1 Å². The van der Waals surface area contributed by atoms with Crippen LogP contribution in [0, 0.1) is 0 Å². The first-order valence-electron chi connectivity index (χ1n) is 9.41. The number of fused-ring (bicyclic) bond motifs is 1. The van der Waals surface area contributed by atoms with Gasteiger partial charge in [0.25, 0.3) is 11.8 Å². The van der Waals surface area contributed by atoms with E-state index in [0.29, 0.717) is 36.8 Å². The lowest BCUT2D eigenvalue weighted by atomic mass is 9.87. The number of hydrogen-bond acceptors (Lipinski definition) is 5. The highest BCUT2D eigenvalue weighted by Crippen LogP contribution is 2.30. The number of likely N-dealkylation sites (tertiary alicyclic amines) is 1. The summed E-state index contributed by atoms with van der Waals surface area (Å²) in [6.07, 6.45) is 1.34. The molecule has 2 fully saturated rings. The Hall–Kier alpha value is -3.16. The first-order valence-corrected chi connectivity index (χ1v) is 9.41. The van der Waals surface area contributed by atoms with Gasteiger partial charge in [-0.2, -0.15) is 0 Å². The lowest BCUT2D eigenvalue weighted by molar-refractivity contribution is -0.132. The molecule has 0 bridgehead atoms. The molecule has 0 saturated carbocycles. The number of nitrogens with one attached hydrogen (secondary N) is 1. The molecular weight excluding hydrogens is 362 g/mol. The van der Waals surface area contributed by atoms with E-state index in [9.17, 15) is 19.2 Å². The van der Waals surface area contributed by atoms with Gasteiger partial charge in [0.05, 0.1) is 0 Å². The van der Waals surface area contributed by atoms with Crippen molar-refractivity contribution < 1.29 is 18.8 Å². The molecule has 1 aromatic carbocycles. The van der Waals surface area contributed by atoms with E-state index in [2.05, 4.69) is 5.32 Å². The SMILES string of the molecule is CCCN1C(=O)NC2(CCN(C(=O)c3cc4ccccc4oc3=O)CC2)C1=O. The molecule has 1 aromatic heterocycles. The van der Waals surface area contributed by atoms with Gasteiger partial charge in [0.15, 0.2) is 0 Å². The molecule has 0 radical (unpaired) electrons. The number of amides is 4. The molecule has 28 heavy (non-hydrogen) atoms. The first-order chi connectivity index (χ1) is 13.4. The number of carbonyl (C=O) groups excluding carboxylic acids is 3. The van der Waals surface area contributed by atoms with Crippen molar-refractivity contribution in [3.63, 3.8) is 0 Å². The number of urea groups is 1. The van der Waals surface area contributed by atoms with E-state index in [1.165, 1.54) is 9.80 Å². The largest absolute Gasteiger partial charge is 0.422 e. The van der Waals surface area contributed by atoms with Gasteiger partial charge in [0.1, 0.15) is 16.7 Å². The Morgan fingerprint density at radius 1 is 1.18 bits per heavy atom. The molecule has 0 atom stereocenters. The topological polar surface area (TPSA) is 99.9 Å². The Labute approximate surface area is 161 Å². The van der Waals surface area contributed by atoms with Gasteiger partial charge in [-0.15, -0.1) is 0 Å². The second-order valence-electron chi connectivity index (χ2n) is 7.25. The maximum absolute atomic E-state index is 12.9. The maximum atomic E-state index is 12.9. The number of rotatable bonds is 3. The Balaban J connectivity index is 1.52. The zero-order valence-electron chi connectivity index (χ0n) is 15.6. The average molecular weight is 383 g/mol. The Kier molecular flexibility index (Phi) is 4.41. The third-order valence-electron chi connectivity index (χ3n) is 5.47. The van der Waals surface area contributed by atoms with Gasteiger partial charge in [-0.1, -0.05) is 25.1 Å². The molecule has 8 nitrogen and oxygen atoms in total. The number of hydrogen-bond donors (Lipinski definition) is 1. The van der Waals surface area contributed by atoms with E-state index in [-0.39, 0.29) is 30.6 Å². The molecule has 146 valence electrons. The summed E-state index contributed by atoms with van der Waals surface area (Å²) >= 11 is 0. The van der Waals surface area contributed by atoms with Crippen LogP contribution in [0.2, 0.25) is 0 Å². The first kappa shape index (κ1) is 18.2. The highest BCUT2D eigenvalue weighted by Gasteiger charge is 2.52. The van der Waals surface area contributed by atoms with Gasteiger partial charge < -0.3 is 14.6 Å². The molecule has 1 N–H and O–H groups in total. The van der Waals surface area contributed by atoms with E-state index >= 15 is 0 Å². The molecular formula is C20H21N3O5. The predicted octanol–water partition coefficient (Wildman–Crippen LogP) is 1.73. The van der Waals surface area contributed by atoms with Crippen molar-refractivity contribution in [3.05, 3.63) is 46.3 Å². The van der Waals surface area contributed by atoms with E-state index in [4.69, 9.17) is 4.42 Å². The fourth-order valence-corrected chi connectivity index (χ4v) is 3.91. The van der Waals surface area contributed by atoms with Gasteiger partial charge in [0, 0.05) is 25.0 Å². The number of para-hydroxylation sites is 1. The maximum Gasteiger partial charge on any atom is 0.349 e. The van der Waals surface area contributed by atoms with Crippen molar-refractivity contribution in [1.82, 2.24) is 15.1 Å². The van der Waals surface area contributed by atoms with E-state index in [1.807, 2.05) is 6.92 Å². The number of carbonyl (C=O) groups is 3. The molecule has 1 spiro atoms.